The summed E-state index contributed by atoms with van der Waals surface area (Å²) in [7, 11) is 0. The molecule has 0 aromatic carbocycles. The molecule has 0 spiro atoms. The van der Waals surface area contributed by atoms with Crippen molar-refractivity contribution in [2.75, 3.05) is 11.9 Å². The van der Waals surface area contributed by atoms with E-state index in [4.69, 9.17) is 11.6 Å². The lowest BCUT2D eigenvalue weighted by molar-refractivity contribution is -0.121. The van der Waals surface area contributed by atoms with Gasteiger partial charge in [-0.1, -0.05) is 25.4 Å². The van der Waals surface area contributed by atoms with Crippen LogP contribution in [0.15, 0.2) is 12.5 Å². The summed E-state index contributed by atoms with van der Waals surface area (Å²) < 4.78 is 0. The number of nitrogens with one attached hydrogen (secondary N) is 2. The average molecular weight is 257 g/mol. The number of amides is 1. The molecule has 94 valence electrons. The molecule has 0 saturated heterocycles. The van der Waals surface area contributed by atoms with Crippen LogP contribution in [-0.2, 0) is 4.79 Å². The predicted octanol–water partition coefficient (Wildman–Crippen LogP) is 1.70. The van der Waals surface area contributed by atoms with Gasteiger partial charge in [-0.05, 0) is 12.8 Å². The minimum absolute atomic E-state index is 0.0756. The van der Waals surface area contributed by atoms with Crippen LogP contribution in [0.4, 0.5) is 5.82 Å². The van der Waals surface area contributed by atoms with E-state index >= 15 is 0 Å². The molecule has 0 saturated carbocycles. The van der Waals surface area contributed by atoms with Crippen LogP contribution in [0.2, 0.25) is 5.02 Å². The van der Waals surface area contributed by atoms with Gasteiger partial charge in [-0.3, -0.25) is 4.79 Å². The molecule has 1 unspecified atom stereocenters. The first kappa shape index (κ1) is 13.7. The Kier molecular flexibility index (Phi) is 5.15. The van der Waals surface area contributed by atoms with Gasteiger partial charge in [0.15, 0.2) is 0 Å². The van der Waals surface area contributed by atoms with Gasteiger partial charge < -0.3 is 10.6 Å². The Hall–Kier alpha value is -1.36. The number of carbonyl (C=O) groups is 1. The fourth-order valence-electron chi connectivity index (χ4n) is 1.15. The lowest BCUT2D eigenvalue weighted by Crippen LogP contribution is -2.39. The molecule has 6 heteroatoms. The summed E-state index contributed by atoms with van der Waals surface area (Å²) in [4.78, 5) is 19.4. The zero-order valence-electron chi connectivity index (χ0n) is 10.2. The molecule has 0 aliphatic rings. The lowest BCUT2D eigenvalue weighted by Gasteiger charge is -2.15. The molecular weight excluding hydrogens is 240 g/mol. The maximum atomic E-state index is 11.7. The zero-order chi connectivity index (χ0) is 12.8. The Morgan fingerprint density at radius 3 is 2.76 bits per heavy atom. The van der Waals surface area contributed by atoms with Gasteiger partial charge in [-0.15, -0.1) is 0 Å². The molecule has 0 bridgehead atoms. The molecule has 0 aliphatic heterocycles. The molecule has 2 N–H and O–H groups in total. The molecule has 1 amide bonds. The predicted molar refractivity (Wildman–Crippen MR) is 68.0 cm³/mol. The van der Waals surface area contributed by atoms with Crippen LogP contribution in [0.25, 0.3) is 0 Å². The van der Waals surface area contributed by atoms with Gasteiger partial charge in [0, 0.05) is 6.54 Å². The molecule has 0 fully saturated rings. The number of carbonyl (C=O) groups excluding carboxylic acids is 1. The summed E-state index contributed by atoms with van der Waals surface area (Å²) in [6, 6.07) is -0.388. The summed E-state index contributed by atoms with van der Waals surface area (Å²) in [5.41, 5.74) is 0. The smallest absolute Gasteiger partial charge is 0.242 e. The van der Waals surface area contributed by atoms with Gasteiger partial charge in [-0.2, -0.15) is 0 Å². The average Bonchev–Trinajstić information content (AvgIpc) is 2.28. The Morgan fingerprint density at radius 2 is 2.18 bits per heavy atom. The normalized spacial score (nSPS) is 12.3. The quantitative estimate of drug-likeness (QED) is 0.842. The third-order valence-electron chi connectivity index (χ3n) is 2.10. The van der Waals surface area contributed by atoms with Crippen molar-refractivity contribution >= 4 is 23.3 Å². The van der Waals surface area contributed by atoms with Crippen LogP contribution in [0.3, 0.4) is 0 Å². The number of nitrogens with zero attached hydrogens (tertiary/aromatic N) is 2. The molecule has 1 atom stereocenters. The van der Waals surface area contributed by atoms with Crippen LogP contribution in [0.1, 0.15) is 20.8 Å². The number of aromatic nitrogens is 2. The second-order valence-corrected chi connectivity index (χ2v) is 4.63. The Bertz CT molecular complexity index is 383. The molecule has 1 rings (SSSR count). The number of hydrogen-bond donors (Lipinski definition) is 2. The molecule has 0 radical (unpaired) electrons. The third-order valence-corrected chi connectivity index (χ3v) is 2.38. The van der Waals surface area contributed by atoms with E-state index in [2.05, 4.69) is 20.6 Å². The fraction of sp³-hybridized carbons (Fsp3) is 0.545. The van der Waals surface area contributed by atoms with E-state index < -0.39 is 0 Å². The molecule has 5 nitrogen and oxygen atoms in total. The van der Waals surface area contributed by atoms with Gasteiger partial charge in [0.2, 0.25) is 5.91 Å². The minimum atomic E-state index is -0.388. The van der Waals surface area contributed by atoms with E-state index in [0.717, 1.165) is 0 Å². The second-order valence-electron chi connectivity index (χ2n) is 4.22. The van der Waals surface area contributed by atoms with E-state index in [1.165, 1.54) is 12.5 Å². The summed E-state index contributed by atoms with van der Waals surface area (Å²) in [5.74, 6) is 0.816. The first-order valence-electron chi connectivity index (χ1n) is 5.50. The Balaban J connectivity index is 2.51. The largest absolute Gasteiger partial charge is 0.357 e. The van der Waals surface area contributed by atoms with E-state index in [1.54, 1.807) is 6.92 Å². The highest BCUT2D eigenvalue weighted by Gasteiger charge is 2.14. The van der Waals surface area contributed by atoms with Gasteiger partial charge in [-0.25, -0.2) is 9.97 Å². The lowest BCUT2D eigenvalue weighted by atomic mass is 10.2. The van der Waals surface area contributed by atoms with Crippen LogP contribution in [0, 0.1) is 5.92 Å². The molecule has 0 aliphatic carbocycles. The first-order valence-corrected chi connectivity index (χ1v) is 5.88. The minimum Gasteiger partial charge on any atom is -0.357 e. The third kappa shape index (κ3) is 4.56. The molecule has 1 aromatic rings. The van der Waals surface area contributed by atoms with Crippen molar-refractivity contribution in [1.29, 1.82) is 0 Å². The van der Waals surface area contributed by atoms with E-state index in [0.29, 0.717) is 23.3 Å². The summed E-state index contributed by atoms with van der Waals surface area (Å²) in [6.07, 6.45) is 2.86. The highest BCUT2D eigenvalue weighted by molar-refractivity contribution is 6.32. The number of rotatable bonds is 5. The van der Waals surface area contributed by atoms with Gasteiger partial charge in [0.25, 0.3) is 0 Å². The number of anilines is 1. The monoisotopic (exact) mass is 256 g/mol. The molecule has 17 heavy (non-hydrogen) atoms. The van der Waals surface area contributed by atoms with Crippen LogP contribution in [-0.4, -0.2) is 28.5 Å². The van der Waals surface area contributed by atoms with E-state index in [9.17, 15) is 4.79 Å². The van der Waals surface area contributed by atoms with Crippen molar-refractivity contribution in [3.05, 3.63) is 17.5 Å². The van der Waals surface area contributed by atoms with Gasteiger partial charge in [0.1, 0.15) is 23.2 Å². The van der Waals surface area contributed by atoms with Crippen LogP contribution >= 0.6 is 11.6 Å². The topological polar surface area (TPSA) is 66.9 Å². The molecule has 1 aromatic heterocycles. The summed E-state index contributed by atoms with van der Waals surface area (Å²) >= 11 is 5.88. The second kappa shape index (κ2) is 6.39. The number of hydrogen-bond acceptors (Lipinski definition) is 4. The highest BCUT2D eigenvalue weighted by atomic mass is 35.5. The zero-order valence-corrected chi connectivity index (χ0v) is 11.0. The maximum absolute atomic E-state index is 11.7. The van der Waals surface area contributed by atoms with E-state index in [1.807, 2.05) is 13.8 Å². The van der Waals surface area contributed by atoms with Crippen molar-refractivity contribution < 1.29 is 4.79 Å². The van der Waals surface area contributed by atoms with Gasteiger partial charge >= 0.3 is 0 Å². The van der Waals surface area contributed by atoms with Crippen molar-refractivity contribution in [1.82, 2.24) is 15.3 Å². The molecular formula is C11H17ClN4O. The fourth-order valence-corrected chi connectivity index (χ4v) is 1.31. The van der Waals surface area contributed by atoms with Crippen molar-refractivity contribution in [2.45, 2.75) is 26.8 Å². The highest BCUT2D eigenvalue weighted by Crippen LogP contribution is 2.16. The Morgan fingerprint density at radius 1 is 1.47 bits per heavy atom. The first-order chi connectivity index (χ1) is 8.00. The summed E-state index contributed by atoms with van der Waals surface area (Å²) in [5, 5.41) is 6.17. The SMILES string of the molecule is CC(C)CNC(=O)C(C)Nc1ncncc1Cl. The standard InChI is InChI=1S/C11H17ClN4O/c1-7(2)4-14-11(17)8(3)16-10-9(12)5-13-6-15-10/h5-8H,4H2,1-3H3,(H,14,17)(H,13,15,16). The van der Waals surface area contributed by atoms with Crippen molar-refractivity contribution in [2.24, 2.45) is 5.92 Å². The summed E-state index contributed by atoms with van der Waals surface area (Å²) in [6.45, 7) is 6.50. The van der Waals surface area contributed by atoms with Crippen LogP contribution < -0.4 is 10.6 Å². The Labute approximate surface area is 106 Å². The van der Waals surface area contributed by atoms with Gasteiger partial charge in [0.05, 0.1) is 6.20 Å². The van der Waals surface area contributed by atoms with Crippen molar-refractivity contribution in [3.63, 3.8) is 0 Å². The number of halogens is 1. The van der Waals surface area contributed by atoms with Crippen molar-refractivity contribution in [3.8, 4) is 0 Å². The molecule has 1 heterocycles. The maximum Gasteiger partial charge on any atom is 0.242 e. The van der Waals surface area contributed by atoms with Crippen LogP contribution in [0.5, 0.6) is 0 Å². The van der Waals surface area contributed by atoms with E-state index in [-0.39, 0.29) is 11.9 Å².